The molecule has 0 aromatic heterocycles. The van der Waals surface area contributed by atoms with Crippen molar-refractivity contribution in [2.24, 2.45) is 21.9 Å². The van der Waals surface area contributed by atoms with Crippen LogP contribution in [-0.2, 0) is 50.7 Å². The van der Waals surface area contributed by atoms with E-state index in [1.807, 2.05) is 27.7 Å². The van der Waals surface area contributed by atoms with E-state index >= 15 is 0 Å². The summed E-state index contributed by atoms with van der Waals surface area (Å²) >= 11 is 0. The van der Waals surface area contributed by atoms with Crippen LogP contribution in [0, 0.1) is 5.41 Å². The van der Waals surface area contributed by atoms with E-state index in [-0.39, 0.29) is 34.1 Å². The fraction of sp³-hybridized carbons (Fsp3) is 0.536. The highest BCUT2D eigenvalue weighted by Crippen LogP contribution is 2.46. The third-order valence-corrected chi connectivity index (χ3v) is 10.7. The quantitative estimate of drug-likeness (QED) is 0.284. The van der Waals surface area contributed by atoms with Crippen molar-refractivity contribution in [2.75, 3.05) is 19.0 Å². The molecule has 1 aromatic rings. The standard InChI is InChI=1S/C14H21N3O4S.C14H18O5S/c1-4-14(11(18)17-12(15)16)6-5-10-9(7-14)13(2,3)21-8-22(10,19)20;1-5-9-6-11-12(7-10(9)13(15)18-4)20(16,17)8-19-14(11,2)3/h5-6H,4,7-8H2,1-3H3,(H4,15,16,17,18);6-7H,5,8H2,1-4H3. The van der Waals surface area contributed by atoms with Crippen LogP contribution in [0.1, 0.15) is 75.9 Å². The molecule has 1 aromatic carbocycles. The zero-order valence-electron chi connectivity index (χ0n) is 24.9. The van der Waals surface area contributed by atoms with Crippen LogP contribution < -0.4 is 11.5 Å². The molecular formula is C28H39N3O9S2. The fourth-order valence-corrected chi connectivity index (χ4v) is 8.11. The number of carbonyl (C=O) groups is 2. The number of hydrogen-bond acceptors (Lipinski definition) is 9. The van der Waals surface area contributed by atoms with E-state index in [1.165, 1.54) is 19.3 Å². The summed E-state index contributed by atoms with van der Waals surface area (Å²) in [6.45, 7) is 11.0. The number of esters is 1. The highest BCUT2D eigenvalue weighted by molar-refractivity contribution is 7.95. The van der Waals surface area contributed by atoms with Gasteiger partial charge in [0.05, 0.1) is 39.1 Å². The number of sulfone groups is 2. The van der Waals surface area contributed by atoms with Gasteiger partial charge in [0.2, 0.25) is 19.7 Å². The largest absolute Gasteiger partial charge is 0.465 e. The van der Waals surface area contributed by atoms with E-state index in [1.54, 1.807) is 26.0 Å². The molecule has 4 rings (SSSR count). The number of aliphatic imine (C=N–C) groups is 1. The summed E-state index contributed by atoms with van der Waals surface area (Å²) in [5.41, 5.74) is 10.4. The van der Waals surface area contributed by atoms with Gasteiger partial charge in [-0.05, 0) is 70.2 Å². The summed E-state index contributed by atoms with van der Waals surface area (Å²) in [5.74, 6) is -2.04. The normalized spacial score (nSPS) is 24.3. The van der Waals surface area contributed by atoms with Crippen LogP contribution >= 0.6 is 0 Å². The first-order valence-electron chi connectivity index (χ1n) is 13.3. The number of carbonyl (C=O) groups excluding carboxylic acids is 2. The molecular weight excluding hydrogens is 586 g/mol. The van der Waals surface area contributed by atoms with E-state index < -0.39 is 48.2 Å². The van der Waals surface area contributed by atoms with Gasteiger partial charge in [0, 0.05) is 5.56 Å². The van der Waals surface area contributed by atoms with Gasteiger partial charge >= 0.3 is 5.97 Å². The van der Waals surface area contributed by atoms with Gasteiger partial charge in [0.1, 0.15) is 0 Å². The number of fused-ring (bicyclic) bond motifs is 1. The second kappa shape index (κ2) is 11.5. The lowest BCUT2D eigenvalue weighted by Crippen LogP contribution is -2.43. The minimum Gasteiger partial charge on any atom is -0.465 e. The minimum absolute atomic E-state index is 0.159. The minimum atomic E-state index is -3.53. The highest BCUT2D eigenvalue weighted by atomic mass is 32.2. The number of methoxy groups -OCH3 is 1. The van der Waals surface area contributed by atoms with Crippen molar-refractivity contribution < 1.29 is 40.6 Å². The average molecular weight is 626 g/mol. The molecule has 1 amide bonds. The van der Waals surface area contributed by atoms with Crippen molar-refractivity contribution >= 4 is 37.5 Å². The molecule has 1 unspecified atom stereocenters. The Balaban J connectivity index is 0.000000231. The number of allylic oxidation sites excluding steroid dienone is 1. The first-order valence-corrected chi connectivity index (χ1v) is 16.6. The van der Waals surface area contributed by atoms with Crippen LogP contribution in [0.2, 0.25) is 0 Å². The number of ether oxygens (including phenoxy) is 3. The Kier molecular flexibility index (Phi) is 9.19. The molecule has 1 aliphatic carbocycles. The molecule has 0 radical (unpaired) electrons. The lowest BCUT2D eigenvalue weighted by molar-refractivity contribution is -0.125. The molecule has 2 aliphatic heterocycles. The molecule has 12 nitrogen and oxygen atoms in total. The summed E-state index contributed by atoms with van der Waals surface area (Å²) in [6.07, 6.45) is 4.36. The number of aryl methyl sites for hydroxylation is 1. The molecule has 14 heteroatoms. The zero-order chi connectivity index (χ0) is 31.9. The third kappa shape index (κ3) is 6.31. The van der Waals surface area contributed by atoms with Gasteiger partial charge in [-0.2, -0.15) is 4.99 Å². The van der Waals surface area contributed by atoms with Crippen LogP contribution in [0.5, 0.6) is 0 Å². The average Bonchev–Trinajstić information content (AvgIpc) is 2.92. The van der Waals surface area contributed by atoms with Crippen molar-refractivity contribution in [2.45, 2.75) is 76.9 Å². The molecule has 0 spiro atoms. The predicted molar refractivity (Wildman–Crippen MR) is 157 cm³/mol. The lowest BCUT2D eigenvalue weighted by atomic mass is 9.72. The number of amides is 1. The van der Waals surface area contributed by atoms with E-state index in [4.69, 9.17) is 25.7 Å². The van der Waals surface area contributed by atoms with E-state index in [0.717, 1.165) is 5.56 Å². The third-order valence-electron chi connectivity index (χ3n) is 7.82. The number of guanidine groups is 1. The summed E-state index contributed by atoms with van der Waals surface area (Å²) < 4.78 is 64.2. The van der Waals surface area contributed by atoms with Crippen LogP contribution in [0.4, 0.5) is 0 Å². The Labute approximate surface area is 247 Å². The van der Waals surface area contributed by atoms with Crippen molar-refractivity contribution in [3.63, 3.8) is 0 Å². The van der Waals surface area contributed by atoms with E-state index in [9.17, 15) is 26.4 Å². The summed E-state index contributed by atoms with van der Waals surface area (Å²) in [5, 5.41) is 0. The SMILES string of the molecule is CCC1(C(=O)N=C(N)N)C=CC2=C(C1)C(C)(C)OCS2(=O)=O.CCc1cc2c(cc1C(=O)OC)S(=O)(=O)COC2(C)C. The zero-order valence-corrected chi connectivity index (χ0v) is 26.6. The molecule has 4 N–H and O–H groups in total. The number of benzene rings is 1. The number of hydrogen-bond donors (Lipinski definition) is 2. The lowest BCUT2D eigenvalue weighted by Gasteiger charge is -2.40. The molecule has 0 saturated heterocycles. The molecule has 232 valence electrons. The Morgan fingerprint density at radius 2 is 1.57 bits per heavy atom. The van der Waals surface area contributed by atoms with Gasteiger partial charge in [0.25, 0.3) is 5.91 Å². The molecule has 0 bridgehead atoms. The van der Waals surface area contributed by atoms with Crippen LogP contribution in [0.3, 0.4) is 0 Å². The fourth-order valence-electron chi connectivity index (χ4n) is 5.05. The first kappa shape index (κ1) is 33.4. The number of nitrogens with zero attached hydrogens (tertiary/aromatic N) is 1. The molecule has 2 heterocycles. The monoisotopic (exact) mass is 625 g/mol. The second-order valence-corrected chi connectivity index (χ2v) is 15.1. The topological polar surface area (TPSA) is 195 Å². The first-order chi connectivity index (χ1) is 19.3. The maximum absolute atomic E-state index is 12.4. The Morgan fingerprint density at radius 1 is 0.976 bits per heavy atom. The Hall–Kier alpha value is -3.07. The van der Waals surface area contributed by atoms with Crippen molar-refractivity contribution in [3.8, 4) is 0 Å². The number of rotatable bonds is 4. The Bertz CT molecular complexity index is 1600. The van der Waals surface area contributed by atoms with E-state index in [2.05, 4.69) is 4.99 Å². The Morgan fingerprint density at radius 3 is 2.12 bits per heavy atom. The van der Waals surface area contributed by atoms with Crippen LogP contribution in [0.15, 0.2) is 44.7 Å². The molecule has 0 fully saturated rings. The maximum atomic E-state index is 12.4. The molecule has 42 heavy (non-hydrogen) atoms. The van der Waals surface area contributed by atoms with Crippen LogP contribution in [-0.4, -0.2) is 59.3 Å². The smallest absolute Gasteiger partial charge is 0.338 e. The highest BCUT2D eigenvalue weighted by Gasteiger charge is 2.47. The van der Waals surface area contributed by atoms with Crippen molar-refractivity contribution in [1.29, 1.82) is 0 Å². The molecule has 3 aliphatic rings. The maximum Gasteiger partial charge on any atom is 0.338 e. The van der Waals surface area contributed by atoms with Gasteiger partial charge in [-0.1, -0.05) is 26.0 Å². The van der Waals surface area contributed by atoms with Gasteiger partial charge in [0.15, 0.2) is 17.8 Å². The second-order valence-electron chi connectivity index (χ2n) is 11.3. The van der Waals surface area contributed by atoms with Gasteiger partial charge < -0.3 is 25.7 Å². The van der Waals surface area contributed by atoms with Crippen LogP contribution in [0.25, 0.3) is 0 Å². The van der Waals surface area contributed by atoms with Gasteiger partial charge in [-0.3, -0.25) is 4.79 Å². The van der Waals surface area contributed by atoms with E-state index in [0.29, 0.717) is 29.5 Å². The molecule has 0 saturated carbocycles. The number of nitrogens with two attached hydrogens (primary N) is 2. The predicted octanol–water partition coefficient (Wildman–Crippen LogP) is 2.61. The van der Waals surface area contributed by atoms with Gasteiger partial charge in [-0.15, -0.1) is 0 Å². The summed E-state index contributed by atoms with van der Waals surface area (Å²) in [6, 6.07) is 3.15. The summed E-state index contributed by atoms with van der Waals surface area (Å²) in [4.78, 5) is 28.2. The summed E-state index contributed by atoms with van der Waals surface area (Å²) in [7, 11) is -5.74. The van der Waals surface area contributed by atoms with Crippen molar-refractivity contribution in [1.82, 2.24) is 0 Å². The van der Waals surface area contributed by atoms with Crippen molar-refractivity contribution in [3.05, 3.63) is 51.5 Å². The van der Waals surface area contributed by atoms with Gasteiger partial charge in [-0.25, -0.2) is 21.6 Å². The molecule has 1 atom stereocenters.